The standard InChI is InChI=1S/C16H11BrClN3O/c17-12-5-1-3-7-14(12)20-10-11(9-19)16(22)21-15-8-4-2-6-13(15)18/h1-8,10,20H,(H,21,22)/b11-10-. The van der Waals surface area contributed by atoms with E-state index in [9.17, 15) is 4.79 Å². The minimum Gasteiger partial charge on any atom is -0.359 e. The summed E-state index contributed by atoms with van der Waals surface area (Å²) in [7, 11) is 0. The van der Waals surface area contributed by atoms with E-state index in [0.717, 1.165) is 10.2 Å². The summed E-state index contributed by atoms with van der Waals surface area (Å²) >= 11 is 9.35. The molecule has 0 atom stereocenters. The Bertz CT molecular complexity index is 768. The van der Waals surface area contributed by atoms with Crippen molar-refractivity contribution in [1.82, 2.24) is 0 Å². The fourth-order valence-corrected chi connectivity index (χ4v) is 2.21. The molecular weight excluding hydrogens is 366 g/mol. The lowest BCUT2D eigenvalue weighted by atomic mass is 10.2. The summed E-state index contributed by atoms with van der Waals surface area (Å²) in [6.07, 6.45) is 1.35. The van der Waals surface area contributed by atoms with Crippen LogP contribution in [-0.4, -0.2) is 5.91 Å². The van der Waals surface area contributed by atoms with Crippen LogP contribution >= 0.6 is 27.5 Å². The van der Waals surface area contributed by atoms with Gasteiger partial charge in [0.05, 0.1) is 16.4 Å². The molecule has 1 amide bonds. The molecule has 2 N–H and O–H groups in total. The Morgan fingerprint density at radius 2 is 1.77 bits per heavy atom. The molecule has 2 aromatic rings. The number of anilines is 2. The first kappa shape index (κ1) is 16.1. The molecule has 0 aromatic heterocycles. The van der Waals surface area contributed by atoms with Gasteiger partial charge in [-0.05, 0) is 40.2 Å². The van der Waals surface area contributed by atoms with Gasteiger partial charge in [0.1, 0.15) is 11.6 Å². The first-order valence-electron chi connectivity index (χ1n) is 6.29. The smallest absolute Gasteiger partial charge is 0.267 e. The van der Waals surface area contributed by atoms with Gasteiger partial charge in [0.25, 0.3) is 5.91 Å². The van der Waals surface area contributed by atoms with E-state index < -0.39 is 5.91 Å². The van der Waals surface area contributed by atoms with Gasteiger partial charge < -0.3 is 10.6 Å². The summed E-state index contributed by atoms with van der Waals surface area (Å²) in [6.45, 7) is 0. The number of hydrogen-bond acceptors (Lipinski definition) is 3. The number of amides is 1. The van der Waals surface area contributed by atoms with Crippen LogP contribution in [0.25, 0.3) is 0 Å². The highest BCUT2D eigenvalue weighted by atomic mass is 79.9. The van der Waals surface area contributed by atoms with Crippen LogP contribution in [0, 0.1) is 11.3 Å². The van der Waals surface area contributed by atoms with E-state index in [0.29, 0.717) is 10.7 Å². The van der Waals surface area contributed by atoms with E-state index >= 15 is 0 Å². The second kappa shape index (κ2) is 7.64. The van der Waals surface area contributed by atoms with Crippen molar-refractivity contribution in [3.05, 3.63) is 69.8 Å². The monoisotopic (exact) mass is 375 g/mol. The Morgan fingerprint density at radius 3 is 2.41 bits per heavy atom. The molecule has 0 aliphatic carbocycles. The second-order valence-corrected chi connectivity index (χ2v) is 5.49. The van der Waals surface area contributed by atoms with Crippen LogP contribution in [0.5, 0.6) is 0 Å². The molecule has 0 fully saturated rings. The van der Waals surface area contributed by atoms with Crippen molar-refractivity contribution >= 4 is 44.8 Å². The molecule has 0 aliphatic heterocycles. The van der Waals surface area contributed by atoms with E-state index in [4.69, 9.17) is 16.9 Å². The van der Waals surface area contributed by atoms with E-state index in [1.807, 2.05) is 30.3 Å². The van der Waals surface area contributed by atoms with Gasteiger partial charge in [0, 0.05) is 10.7 Å². The maximum Gasteiger partial charge on any atom is 0.267 e. The average Bonchev–Trinajstić information content (AvgIpc) is 2.52. The molecule has 0 saturated heterocycles. The van der Waals surface area contributed by atoms with Crippen molar-refractivity contribution < 1.29 is 4.79 Å². The molecule has 0 saturated carbocycles. The molecule has 0 bridgehead atoms. The number of benzene rings is 2. The van der Waals surface area contributed by atoms with E-state index in [1.165, 1.54) is 6.20 Å². The Morgan fingerprint density at radius 1 is 1.14 bits per heavy atom. The van der Waals surface area contributed by atoms with Crippen LogP contribution in [0.15, 0.2) is 64.8 Å². The lowest BCUT2D eigenvalue weighted by molar-refractivity contribution is -0.112. The fourth-order valence-electron chi connectivity index (χ4n) is 1.63. The Kier molecular flexibility index (Phi) is 5.59. The van der Waals surface area contributed by atoms with Gasteiger partial charge in [-0.3, -0.25) is 4.79 Å². The Balaban J connectivity index is 2.13. The number of carbonyl (C=O) groups excluding carboxylic acids is 1. The lowest BCUT2D eigenvalue weighted by Gasteiger charge is -2.07. The molecule has 22 heavy (non-hydrogen) atoms. The zero-order chi connectivity index (χ0) is 15.9. The first-order valence-corrected chi connectivity index (χ1v) is 7.46. The number of nitrogens with zero attached hydrogens (tertiary/aromatic N) is 1. The normalized spacial score (nSPS) is 10.7. The molecule has 2 aromatic carbocycles. The minimum absolute atomic E-state index is 0.0596. The molecule has 0 heterocycles. The first-order chi connectivity index (χ1) is 10.6. The largest absolute Gasteiger partial charge is 0.359 e. The summed E-state index contributed by atoms with van der Waals surface area (Å²) in [5.74, 6) is -0.532. The van der Waals surface area contributed by atoms with Crippen molar-refractivity contribution in [2.24, 2.45) is 0 Å². The number of rotatable bonds is 4. The Labute approximate surface area is 141 Å². The van der Waals surface area contributed by atoms with E-state index in [1.54, 1.807) is 24.3 Å². The molecule has 0 unspecified atom stereocenters. The van der Waals surface area contributed by atoms with Crippen molar-refractivity contribution in [3.63, 3.8) is 0 Å². The quantitative estimate of drug-likeness (QED) is 0.607. The number of para-hydroxylation sites is 2. The number of carbonyl (C=O) groups is 1. The van der Waals surface area contributed by atoms with Gasteiger partial charge in [0.2, 0.25) is 0 Å². The zero-order valence-electron chi connectivity index (χ0n) is 11.3. The van der Waals surface area contributed by atoms with E-state index in [2.05, 4.69) is 26.6 Å². The second-order valence-electron chi connectivity index (χ2n) is 4.23. The molecule has 2 rings (SSSR count). The molecule has 4 nitrogen and oxygen atoms in total. The topological polar surface area (TPSA) is 64.9 Å². The van der Waals surface area contributed by atoms with Crippen molar-refractivity contribution in [2.45, 2.75) is 0 Å². The van der Waals surface area contributed by atoms with Gasteiger partial charge in [-0.25, -0.2) is 0 Å². The highest BCUT2D eigenvalue weighted by molar-refractivity contribution is 9.10. The average molecular weight is 377 g/mol. The number of halogens is 2. The van der Waals surface area contributed by atoms with Gasteiger partial charge in [-0.2, -0.15) is 5.26 Å². The predicted octanol–water partition coefficient (Wildman–Crippen LogP) is 4.56. The zero-order valence-corrected chi connectivity index (χ0v) is 13.6. The summed E-state index contributed by atoms with van der Waals surface area (Å²) in [5.41, 5.74) is 1.15. The molecule has 0 aliphatic rings. The summed E-state index contributed by atoms with van der Waals surface area (Å²) in [6, 6.07) is 16.1. The molecule has 110 valence electrons. The number of nitrogens with one attached hydrogen (secondary N) is 2. The maximum absolute atomic E-state index is 12.1. The SMILES string of the molecule is N#C/C(=C/Nc1ccccc1Br)C(=O)Nc1ccccc1Cl. The molecule has 0 radical (unpaired) electrons. The summed E-state index contributed by atoms with van der Waals surface area (Å²) in [4.78, 5) is 12.1. The van der Waals surface area contributed by atoms with Gasteiger partial charge in [-0.1, -0.05) is 35.9 Å². The highest BCUT2D eigenvalue weighted by Crippen LogP contribution is 2.22. The van der Waals surface area contributed by atoms with Crippen molar-refractivity contribution in [2.75, 3.05) is 10.6 Å². The van der Waals surface area contributed by atoms with Crippen molar-refractivity contribution in [1.29, 1.82) is 5.26 Å². The third kappa shape index (κ3) is 4.10. The van der Waals surface area contributed by atoms with Crippen LogP contribution in [0.3, 0.4) is 0 Å². The third-order valence-electron chi connectivity index (χ3n) is 2.73. The minimum atomic E-state index is -0.532. The molecule has 0 spiro atoms. The fraction of sp³-hybridized carbons (Fsp3) is 0. The molecule has 6 heteroatoms. The van der Waals surface area contributed by atoms with Crippen molar-refractivity contribution in [3.8, 4) is 6.07 Å². The maximum atomic E-state index is 12.1. The lowest BCUT2D eigenvalue weighted by Crippen LogP contribution is -2.14. The number of nitriles is 1. The van der Waals surface area contributed by atoms with Crippen LogP contribution in [0.4, 0.5) is 11.4 Å². The van der Waals surface area contributed by atoms with E-state index in [-0.39, 0.29) is 5.57 Å². The highest BCUT2D eigenvalue weighted by Gasteiger charge is 2.11. The third-order valence-corrected chi connectivity index (χ3v) is 3.75. The van der Waals surface area contributed by atoms with Crippen LogP contribution in [0.2, 0.25) is 5.02 Å². The predicted molar refractivity (Wildman–Crippen MR) is 91.5 cm³/mol. The summed E-state index contributed by atoms with van der Waals surface area (Å²) in [5, 5.41) is 15.1. The van der Waals surface area contributed by atoms with Crippen LogP contribution < -0.4 is 10.6 Å². The summed E-state index contributed by atoms with van der Waals surface area (Å²) < 4.78 is 0.829. The van der Waals surface area contributed by atoms with Crippen LogP contribution in [-0.2, 0) is 4.79 Å². The van der Waals surface area contributed by atoms with Gasteiger partial charge in [-0.15, -0.1) is 0 Å². The number of hydrogen-bond donors (Lipinski definition) is 2. The molecular formula is C16H11BrClN3O. The van der Waals surface area contributed by atoms with Crippen LogP contribution in [0.1, 0.15) is 0 Å². The Hall–Kier alpha value is -2.29. The van der Waals surface area contributed by atoms with Gasteiger partial charge in [0.15, 0.2) is 0 Å². The van der Waals surface area contributed by atoms with Gasteiger partial charge >= 0.3 is 0 Å².